The predicted molar refractivity (Wildman–Crippen MR) is 148 cm³/mol. The topological polar surface area (TPSA) is 121 Å². The highest BCUT2D eigenvalue weighted by molar-refractivity contribution is 7.89. The molecule has 0 bridgehead atoms. The summed E-state index contributed by atoms with van der Waals surface area (Å²) in [6, 6.07) is 13.9. The summed E-state index contributed by atoms with van der Waals surface area (Å²) >= 11 is 7.08. The molecule has 4 N–H and O–H groups in total. The van der Waals surface area contributed by atoms with Crippen LogP contribution in [0.15, 0.2) is 58.8 Å². The molecule has 12 heteroatoms. The molecule has 3 aromatic rings. The van der Waals surface area contributed by atoms with E-state index in [9.17, 15) is 13.2 Å². The second-order valence-electron chi connectivity index (χ2n) is 8.73. The van der Waals surface area contributed by atoms with E-state index in [0.29, 0.717) is 16.5 Å². The van der Waals surface area contributed by atoms with E-state index in [1.165, 1.54) is 29.5 Å². The van der Waals surface area contributed by atoms with Gasteiger partial charge in [0.05, 0.1) is 9.90 Å². The van der Waals surface area contributed by atoms with Crippen molar-refractivity contribution >= 4 is 61.7 Å². The summed E-state index contributed by atoms with van der Waals surface area (Å²) < 4.78 is 23.1. The molecule has 0 unspecified atom stereocenters. The lowest BCUT2D eigenvalue weighted by Crippen LogP contribution is -2.40. The number of benzene rings is 2. The Balaban J connectivity index is 1.31. The molecule has 1 aliphatic rings. The van der Waals surface area contributed by atoms with Crippen molar-refractivity contribution in [2.45, 2.75) is 23.7 Å². The maximum absolute atomic E-state index is 12.7. The number of carbonyl (C=O) groups is 1. The quantitative estimate of drug-likeness (QED) is 0.402. The van der Waals surface area contributed by atoms with Crippen LogP contribution in [-0.4, -0.2) is 56.5 Å². The van der Waals surface area contributed by atoms with Crippen LogP contribution < -0.4 is 20.7 Å². The second kappa shape index (κ2) is 10.9. The van der Waals surface area contributed by atoms with Crippen LogP contribution in [0, 0.1) is 0 Å². The van der Waals surface area contributed by atoms with E-state index in [4.69, 9.17) is 17.4 Å². The summed E-state index contributed by atoms with van der Waals surface area (Å²) in [5, 5.41) is 14.5. The van der Waals surface area contributed by atoms with Gasteiger partial charge in [0.1, 0.15) is 5.69 Å². The molecular weight excluding hydrogens is 517 g/mol. The minimum atomic E-state index is -3.85. The Morgan fingerprint density at radius 1 is 1.11 bits per heavy atom. The predicted octanol–water partition coefficient (Wildman–Crippen LogP) is 3.69. The smallest absolute Gasteiger partial charge is 0.275 e. The van der Waals surface area contributed by atoms with Crippen molar-refractivity contribution in [3.05, 3.63) is 64.6 Å². The first-order chi connectivity index (χ1) is 17.1. The van der Waals surface area contributed by atoms with Crippen molar-refractivity contribution in [3.8, 4) is 0 Å². The van der Waals surface area contributed by atoms with Gasteiger partial charge in [0.25, 0.3) is 5.91 Å². The minimum Gasteiger partial charge on any atom is -0.378 e. The fraction of sp³-hybridized carbons (Fsp3) is 0.292. The zero-order valence-electron chi connectivity index (χ0n) is 20.0. The van der Waals surface area contributed by atoms with Crippen molar-refractivity contribution in [1.82, 2.24) is 9.88 Å². The SMILES string of the molecule is CN(C)c1ccc(NC(=S)N2CCC(c3nc(C(=O)Nc4cccc(S(N)(=O)=O)c4)cs3)CC2)cc1. The molecule has 0 spiro atoms. The van der Waals surface area contributed by atoms with Crippen molar-refractivity contribution < 1.29 is 13.2 Å². The third-order valence-electron chi connectivity index (χ3n) is 5.94. The van der Waals surface area contributed by atoms with Crippen LogP contribution in [0.3, 0.4) is 0 Å². The summed E-state index contributed by atoms with van der Waals surface area (Å²) in [6.45, 7) is 1.60. The summed E-state index contributed by atoms with van der Waals surface area (Å²) in [6.07, 6.45) is 1.76. The van der Waals surface area contributed by atoms with Gasteiger partial charge in [-0.15, -0.1) is 11.3 Å². The first-order valence-corrected chi connectivity index (χ1v) is 14.2. The minimum absolute atomic E-state index is 0.0657. The van der Waals surface area contributed by atoms with Crippen LogP contribution in [0.25, 0.3) is 0 Å². The molecule has 36 heavy (non-hydrogen) atoms. The van der Waals surface area contributed by atoms with Gasteiger partial charge in [-0.05, 0) is 67.5 Å². The van der Waals surface area contributed by atoms with Gasteiger partial charge in [-0.3, -0.25) is 4.79 Å². The Morgan fingerprint density at radius 3 is 2.44 bits per heavy atom. The Morgan fingerprint density at radius 2 is 1.81 bits per heavy atom. The van der Waals surface area contributed by atoms with Crippen molar-refractivity contribution in [2.75, 3.05) is 42.7 Å². The van der Waals surface area contributed by atoms with Gasteiger partial charge in [0, 0.05) is 55.5 Å². The lowest BCUT2D eigenvalue weighted by Gasteiger charge is -2.33. The molecule has 190 valence electrons. The van der Waals surface area contributed by atoms with Crippen LogP contribution in [0.5, 0.6) is 0 Å². The largest absolute Gasteiger partial charge is 0.378 e. The van der Waals surface area contributed by atoms with Gasteiger partial charge in [-0.1, -0.05) is 6.07 Å². The number of hydrogen-bond donors (Lipinski definition) is 3. The summed E-state index contributed by atoms with van der Waals surface area (Å²) in [4.78, 5) is 21.4. The molecule has 2 heterocycles. The van der Waals surface area contributed by atoms with E-state index < -0.39 is 15.9 Å². The lowest BCUT2D eigenvalue weighted by molar-refractivity contribution is 0.102. The molecule has 0 saturated carbocycles. The molecule has 1 amide bonds. The molecule has 9 nitrogen and oxygen atoms in total. The highest BCUT2D eigenvalue weighted by Gasteiger charge is 2.25. The van der Waals surface area contributed by atoms with E-state index in [1.807, 2.05) is 43.3 Å². The van der Waals surface area contributed by atoms with Gasteiger partial charge in [0.15, 0.2) is 5.11 Å². The number of carbonyl (C=O) groups excluding carboxylic acids is 1. The number of nitrogens with zero attached hydrogens (tertiary/aromatic N) is 3. The number of thiocarbonyl (C=S) groups is 1. The van der Waals surface area contributed by atoms with Crippen LogP contribution in [-0.2, 0) is 10.0 Å². The van der Waals surface area contributed by atoms with E-state index in [1.54, 1.807) is 11.4 Å². The standard InChI is InChI=1S/C24H28N6O3S3/c1-29(2)19-8-6-17(7-9-19)27-24(34)30-12-10-16(11-13-30)23-28-21(15-35-23)22(31)26-18-4-3-5-20(14-18)36(25,32)33/h3-9,14-16H,10-13H2,1-2H3,(H,26,31)(H,27,34)(H2,25,32,33). The number of sulfonamides is 1. The number of rotatable bonds is 6. The van der Waals surface area contributed by atoms with Crippen molar-refractivity contribution in [2.24, 2.45) is 5.14 Å². The van der Waals surface area contributed by atoms with Gasteiger partial charge >= 0.3 is 0 Å². The van der Waals surface area contributed by atoms with E-state index in [-0.39, 0.29) is 10.8 Å². The third kappa shape index (κ3) is 6.38. The summed E-state index contributed by atoms with van der Waals surface area (Å²) in [5.74, 6) is -0.146. The molecule has 1 fully saturated rings. The van der Waals surface area contributed by atoms with Gasteiger partial charge in [-0.25, -0.2) is 18.5 Å². The third-order valence-corrected chi connectivity index (χ3v) is 8.22. The van der Waals surface area contributed by atoms with Gasteiger partial charge in [-0.2, -0.15) is 0 Å². The van der Waals surface area contributed by atoms with E-state index in [0.717, 1.165) is 42.3 Å². The molecule has 4 rings (SSSR count). The van der Waals surface area contributed by atoms with E-state index >= 15 is 0 Å². The Kier molecular flexibility index (Phi) is 7.88. The molecule has 0 aliphatic carbocycles. The molecule has 1 aliphatic heterocycles. The molecule has 1 aromatic heterocycles. The van der Waals surface area contributed by atoms with Crippen LogP contribution in [0.1, 0.15) is 34.3 Å². The fourth-order valence-corrected chi connectivity index (χ4v) is 5.73. The summed E-state index contributed by atoms with van der Waals surface area (Å²) in [5.41, 5.74) is 2.72. The highest BCUT2D eigenvalue weighted by atomic mass is 32.2. The Hall–Kier alpha value is -3.06. The van der Waals surface area contributed by atoms with E-state index in [2.05, 4.69) is 20.5 Å². The molecular formula is C24H28N6O3S3. The van der Waals surface area contributed by atoms with Crippen LogP contribution in [0.2, 0.25) is 0 Å². The van der Waals surface area contributed by atoms with Gasteiger partial charge in [0.2, 0.25) is 10.0 Å². The number of aromatic nitrogens is 1. The Labute approximate surface area is 220 Å². The first-order valence-electron chi connectivity index (χ1n) is 11.3. The maximum atomic E-state index is 12.7. The van der Waals surface area contributed by atoms with Crippen molar-refractivity contribution in [1.29, 1.82) is 0 Å². The first kappa shape index (κ1) is 26.0. The molecule has 1 saturated heterocycles. The zero-order valence-corrected chi connectivity index (χ0v) is 22.4. The van der Waals surface area contributed by atoms with Crippen LogP contribution >= 0.6 is 23.6 Å². The number of primary sulfonamides is 1. The number of nitrogens with two attached hydrogens (primary N) is 1. The number of nitrogens with one attached hydrogen (secondary N) is 2. The molecule has 0 atom stereocenters. The average molecular weight is 545 g/mol. The lowest BCUT2D eigenvalue weighted by atomic mass is 9.98. The Bertz CT molecular complexity index is 1350. The molecule has 0 radical (unpaired) electrons. The maximum Gasteiger partial charge on any atom is 0.275 e. The summed E-state index contributed by atoms with van der Waals surface area (Å²) in [7, 11) is 0.155. The molecule has 2 aromatic carbocycles. The number of anilines is 3. The van der Waals surface area contributed by atoms with Crippen molar-refractivity contribution in [3.63, 3.8) is 0 Å². The highest BCUT2D eigenvalue weighted by Crippen LogP contribution is 2.31. The monoisotopic (exact) mass is 544 g/mol. The second-order valence-corrected chi connectivity index (χ2v) is 11.6. The number of hydrogen-bond acceptors (Lipinski definition) is 7. The van der Waals surface area contributed by atoms with Gasteiger partial charge < -0.3 is 20.4 Å². The number of piperidine rings is 1. The number of likely N-dealkylation sites (tertiary alicyclic amines) is 1. The zero-order chi connectivity index (χ0) is 25.9. The van der Waals surface area contributed by atoms with Crippen LogP contribution in [0.4, 0.5) is 17.1 Å². The number of thiazole rings is 1. The normalized spacial score (nSPS) is 14.4. The average Bonchev–Trinajstić information content (AvgIpc) is 3.35. The fourth-order valence-electron chi connectivity index (χ4n) is 3.90. The number of amides is 1.